The molecule has 0 saturated heterocycles. The second-order valence-electron chi connectivity index (χ2n) is 8.73. The van der Waals surface area contributed by atoms with Gasteiger partial charge in [0.15, 0.2) is 0 Å². The van der Waals surface area contributed by atoms with Crippen molar-refractivity contribution in [3.05, 3.63) is 67.6 Å². The summed E-state index contributed by atoms with van der Waals surface area (Å²) in [4.78, 5) is 28.4. The van der Waals surface area contributed by atoms with Gasteiger partial charge in [-0.05, 0) is 49.1 Å². The molecule has 3 rings (SSSR count). The molecule has 1 fully saturated rings. The van der Waals surface area contributed by atoms with Crippen molar-refractivity contribution in [3.8, 4) is 0 Å². The third-order valence-electron chi connectivity index (χ3n) is 6.21. The molecule has 2 aromatic carbocycles. The summed E-state index contributed by atoms with van der Waals surface area (Å²) >= 11 is 26.4. The lowest BCUT2D eigenvalue weighted by molar-refractivity contribution is -0.139. The van der Waals surface area contributed by atoms with Crippen LogP contribution in [0.5, 0.6) is 0 Å². The van der Waals surface area contributed by atoms with Crippen LogP contribution in [0.2, 0.25) is 20.1 Å². The first-order valence-electron chi connectivity index (χ1n) is 11.8. The Labute approximate surface area is 232 Å². The number of nitrogens with zero attached hydrogens (tertiary/aromatic N) is 1. The summed E-state index contributed by atoms with van der Waals surface area (Å²) in [5.41, 5.74) is 1.61. The second kappa shape index (κ2) is 14.0. The van der Waals surface area contributed by atoms with Gasteiger partial charge in [-0.25, -0.2) is 0 Å². The molecule has 1 atom stereocenters. The van der Waals surface area contributed by atoms with Crippen molar-refractivity contribution in [3.63, 3.8) is 0 Å². The minimum absolute atomic E-state index is 0.120. The molecule has 0 bridgehead atoms. The van der Waals surface area contributed by atoms with Crippen LogP contribution in [0.15, 0.2) is 36.4 Å². The van der Waals surface area contributed by atoms with Gasteiger partial charge in [0.05, 0.1) is 15.8 Å². The summed E-state index contributed by atoms with van der Waals surface area (Å²) in [5.74, 6) is 0.534. The highest BCUT2D eigenvalue weighted by Crippen LogP contribution is 2.29. The Hall–Kier alpha value is -1.11. The smallest absolute Gasteiger partial charge is 0.243 e. The molecule has 4 nitrogen and oxygen atoms in total. The maximum Gasteiger partial charge on any atom is 0.243 e. The fourth-order valence-corrected chi connectivity index (χ4v) is 5.98. The van der Waals surface area contributed by atoms with Crippen molar-refractivity contribution in [1.82, 2.24) is 10.2 Å². The standard InChI is InChI=1S/C26H30Cl4N2O2S/c1-2-24(26(34)31-18-7-4-3-5-8-18)32(14-19-20(27)9-6-10-21(19)28)25(33)16-35-15-17-11-12-22(29)23(30)13-17/h6,9-13,18,24H,2-5,7-8,14-16H2,1H3,(H,31,34)/t24-/m0/s1. The molecule has 1 aliphatic carbocycles. The number of nitrogens with one attached hydrogen (secondary N) is 1. The molecule has 0 spiro atoms. The number of benzene rings is 2. The highest BCUT2D eigenvalue weighted by molar-refractivity contribution is 7.99. The number of amides is 2. The van der Waals surface area contributed by atoms with Crippen molar-refractivity contribution < 1.29 is 9.59 Å². The number of halogens is 4. The Balaban J connectivity index is 1.75. The average molecular weight is 576 g/mol. The van der Waals surface area contributed by atoms with E-state index in [0.29, 0.717) is 37.8 Å². The molecule has 1 aliphatic rings. The van der Waals surface area contributed by atoms with Crippen LogP contribution < -0.4 is 5.32 Å². The lowest BCUT2D eigenvalue weighted by atomic mass is 9.95. The van der Waals surface area contributed by atoms with Gasteiger partial charge in [0.2, 0.25) is 11.8 Å². The zero-order valence-electron chi connectivity index (χ0n) is 19.7. The molecule has 1 N–H and O–H groups in total. The van der Waals surface area contributed by atoms with E-state index >= 15 is 0 Å². The predicted octanol–water partition coefficient (Wildman–Crippen LogP) is 7.79. The van der Waals surface area contributed by atoms with Crippen molar-refractivity contribution in [2.24, 2.45) is 0 Å². The van der Waals surface area contributed by atoms with E-state index < -0.39 is 6.04 Å². The topological polar surface area (TPSA) is 49.4 Å². The zero-order valence-corrected chi connectivity index (χ0v) is 23.5. The van der Waals surface area contributed by atoms with Crippen LogP contribution >= 0.6 is 58.2 Å². The molecule has 0 aliphatic heterocycles. The van der Waals surface area contributed by atoms with Crippen LogP contribution in [0.1, 0.15) is 56.6 Å². The maximum absolute atomic E-state index is 13.5. The van der Waals surface area contributed by atoms with E-state index in [1.54, 1.807) is 35.2 Å². The van der Waals surface area contributed by atoms with E-state index in [9.17, 15) is 9.59 Å². The molecular formula is C26H30Cl4N2O2S. The van der Waals surface area contributed by atoms with E-state index in [2.05, 4.69) is 5.32 Å². The van der Waals surface area contributed by atoms with Crippen LogP contribution in [0.25, 0.3) is 0 Å². The summed E-state index contributed by atoms with van der Waals surface area (Å²) in [6.07, 6.45) is 5.88. The van der Waals surface area contributed by atoms with Gasteiger partial charge in [-0.1, -0.05) is 84.7 Å². The Bertz CT molecular complexity index is 1010. The monoisotopic (exact) mass is 574 g/mol. The summed E-state index contributed by atoms with van der Waals surface area (Å²) in [5, 5.41) is 5.11. The van der Waals surface area contributed by atoms with Crippen LogP contribution in [0.3, 0.4) is 0 Å². The lowest BCUT2D eigenvalue weighted by Gasteiger charge is -2.33. The summed E-state index contributed by atoms with van der Waals surface area (Å²) in [6, 6.07) is 10.2. The van der Waals surface area contributed by atoms with E-state index in [1.807, 2.05) is 13.0 Å². The van der Waals surface area contributed by atoms with Gasteiger partial charge < -0.3 is 10.2 Å². The first-order valence-corrected chi connectivity index (χ1v) is 14.5. The third-order valence-corrected chi connectivity index (χ3v) is 8.64. The van der Waals surface area contributed by atoms with E-state index in [-0.39, 0.29) is 30.2 Å². The van der Waals surface area contributed by atoms with Gasteiger partial charge in [0.25, 0.3) is 0 Å². The first-order chi connectivity index (χ1) is 16.8. The first kappa shape index (κ1) is 28.5. The van der Waals surface area contributed by atoms with Crippen molar-refractivity contribution in [1.29, 1.82) is 0 Å². The molecule has 1 saturated carbocycles. The van der Waals surface area contributed by atoms with Gasteiger partial charge in [0.1, 0.15) is 6.04 Å². The number of carbonyl (C=O) groups excluding carboxylic acids is 2. The predicted molar refractivity (Wildman–Crippen MR) is 149 cm³/mol. The van der Waals surface area contributed by atoms with Gasteiger partial charge >= 0.3 is 0 Å². The Morgan fingerprint density at radius 1 is 1.00 bits per heavy atom. The fourth-order valence-electron chi connectivity index (χ4n) is 4.29. The quantitative estimate of drug-likeness (QED) is 0.314. The highest BCUT2D eigenvalue weighted by atomic mass is 35.5. The summed E-state index contributed by atoms with van der Waals surface area (Å²) in [6.45, 7) is 2.09. The molecule has 2 amide bonds. The largest absolute Gasteiger partial charge is 0.352 e. The molecule has 0 radical (unpaired) electrons. The number of thioether (sulfide) groups is 1. The molecule has 0 heterocycles. The van der Waals surface area contributed by atoms with Gasteiger partial charge in [0, 0.05) is 33.9 Å². The second-order valence-corrected chi connectivity index (χ2v) is 11.3. The molecular weight excluding hydrogens is 546 g/mol. The van der Waals surface area contributed by atoms with Crippen molar-refractivity contribution >= 4 is 70.0 Å². The van der Waals surface area contributed by atoms with Crippen LogP contribution in [0.4, 0.5) is 0 Å². The van der Waals surface area contributed by atoms with E-state index in [4.69, 9.17) is 46.4 Å². The van der Waals surface area contributed by atoms with Crippen molar-refractivity contribution in [2.45, 2.75) is 69.8 Å². The van der Waals surface area contributed by atoms with Gasteiger partial charge in [-0.2, -0.15) is 0 Å². The molecule has 0 unspecified atom stereocenters. The molecule has 190 valence electrons. The fraction of sp³-hybridized carbons (Fsp3) is 0.462. The molecule has 0 aromatic heterocycles. The number of rotatable bonds is 10. The van der Waals surface area contributed by atoms with Crippen LogP contribution in [0, 0.1) is 0 Å². The Kier molecular flexibility index (Phi) is 11.4. The maximum atomic E-state index is 13.5. The SMILES string of the molecule is CC[C@@H](C(=O)NC1CCCCC1)N(Cc1c(Cl)cccc1Cl)C(=O)CSCc1ccc(Cl)c(Cl)c1. The van der Waals surface area contributed by atoms with E-state index in [1.165, 1.54) is 18.2 Å². The van der Waals surface area contributed by atoms with E-state index in [0.717, 1.165) is 31.2 Å². The number of hydrogen-bond donors (Lipinski definition) is 1. The minimum atomic E-state index is -0.609. The molecule has 35 heavy (non-hydrogen) atoms. The van der Waals surface area contributed by atoms with Gasteiger partial charge in [-0.15, -0.1) is 11.8 Å². The zero-order chi connectivity index (χ0) is 25.4. The Morgan fingerprint density at radius 3 is 2.31 bits per heavy atom. The highest BCUT2D eigenvalue weighted by Gasteiger charge is 2.31. The average Bonchev–Trinajstić information content (AvgIpc) is 2.83. The summed E-state index contributed by atoms with van der Waals surface area (Å²) < 4.78 is 0. The molecule has 2 aromatic rings. The van der Waals surface area contributed by atoms with Crippen molar-refractivity contribution in [2.75, 3.05) is 5.75 Å². The normalized spacial score (nSPS) is 15.0. The van der Waals surface area contributed by atoms with Gasteiger partial charge in [-0.3, -0.25) is 9.59 Å². The minimum Gasteiger partial charge on any atom is -0.352 e. The number of carbonyl (C=O) groups is 2. The summed E-state index contributed by atoms with van der Waals surface area (Å²) in [7, 11) is 0. The van der Waals surface area contributed by atoms with Crippen LogP contribution in [-0.4, -0.2) is 34.6 Å². The third kappa shape index (κ3) is 8.19. The number of hydrogen-bond acceptors (Lipinski definition) is 3. The Morgan fingerprint density at radius 2 is 1.69 bits per heavy atom. The lowest BCUT2D eigenvalue weighted by Crippen LogP contribution is -2.52. The molecule has 9 heteroatoms. The van der Waals surface area contributed by atoms with Crippen LogP contribution in [-0.2, 0) is 21.9 Å².